The Hall–Kier alpha value is -0.530. The summed E-state index contributed by atoms with van der Waals surface area (Å²) in [5, 5.41) is 0.922. The molecule has 0 amide bonds. The van der Waals surface area contributed by atoms with Crippen LogP contribution in [0.3, 0.4) is 0 Å². The maximum absolute atomic E-state index is 6.50. The first-order valence-electron chi connectivity index (χ1n) is 7.63. The smallest absolute Gasteiger partial charge is 0.0443 e. The highest BCUT2D eigenvalue weighted by atomic mass is 35.5. The highest BCUT2D eigenvalue weighted by Gasteiger charge is 2.32. The van der Waals surface area contributed by atoms with Crippen LogP contribution in [0.5, 0.6) is 0 Å². The van der Waals surface area contributed by atoms with Gasteiger partial charge < -0.3 is 5.73 Å². The van der Waals surface area contributed by atoms with Crippen molar-refractivity contribution < 1.29 is 0 Å². The van der Waals surface area contributed by atoms with Crippen molar-refractivity contribution in [1.82, 2.24) is 0 Å². The standard InChI is InChI=1S/C17H26ClN/c1-3-13(2)15-8-7-14(11-16(15)18)17(12-19)9-5-4-6-10-17/h7-8,11,13H,3-6,9-10,12,19H2,1-2H3. The van der Waals surface area contributed by atoms with E-state index in [0.717, 1.165) is 18.0 Å². The fourth-order valence-electron chi connectivity index (χ4n) is 3.32. The van der Waals surface area contributed by atoms with E-state index in [2.05, 4.69) is 32.0 Å². The van der Waals surface area contributed by atoms with E-state index in [1.807, 2.05) is 0 Å². The molecule has 2 N–H and O–H groups in total. The van der Waals surface area contributed by atoms with Crippen molar-refractivity contribution in [3.05, 3.63) is 34.3 Å². The van der Waals surface area contributed by atoms with Crippen LogP contribution in [0.1, 0.15) is 69.4 Å². The van der Waals surface area contributed by atoms with E-state index in [4.69, 9.17) is 17.3 Å². The minimum absolute atomic E-state index is 0.176. The Kier molecular flexibility index (Phi) is 4.92. The van der Waals surface area contributed by atoms with Crippen LogP contribution in [0.2, 0.25) is 5.02 Å². The highest BCUT2D eigenvalue weighted by molar-refractivity contribution is 6.31. The fraction of sp³-hybridized carbons (Fsp3) is 0.647. The second-order valence-corrected chi connectivity index (χ2v) is 6.50. The molecular formula is C17H26ClN. The molecule has 1 fully saturated rings. The topological polar surface area (TPSA) is 26.0 Å². The Morgan fingerprint density at radius 1 is 1.26 bits per heavy atom. The molecule has 0 bridgehead atoms. The SMILES string of the molecule is CCC(C)c1ccc(C2(CN)CCCCC2)cc1Cl. The van der Waals surface area contributed by atoms with Gasteiger partial charge in [-0.15, -0.1) is 0 Å². The molecule has 1 aromatic carbocycles. The quantitative estimate of drug-likeness (QED) is 0.823. The lowest BCUT2D eigenvalue weighted by Gasteiger charge is -2.37. The summed E-state index contributed by atoms with van der Waals surface area (Å²) < 4.78 is 0. The van der Waals surface area contributed by atoms with Crippen LogP contribution in [-0.2, 0) is 5.41 Å². The Balaban J connectivity index is 2.32. The molecule has 0 spiro atoms. The monoisotopic (exact) mass is 279 g/mol. The number of benzene rings is 1. The molecule has 1 unspecified atom stereocenters. The lowest BCUT2D eigenvalue weighted by atomic mass is 9.69. The van der Waals surface area contributed by atoms with Crippen LogP contribution in [0, 0.1) is 0 Å². The molecular weight excluding hydrogens is 254 g/mol. The van der Waals surface area contributed by atoms with E-state index >= 15 is 0 Å². The van der Waals surface area contributed by atoms with Crippen LogP contribution in [0.25, 0.3) is 0 Å². The average Bonchev–Trinajstić information content (AvgIpc) is 2.47. The summed E-state index contributed by atoms with van der Waals surface area (Å²) in [5.74, 6) is 0.529. The van der Waals surface area contributed by atoms with E-state index in [1.165, 1.54) is 43.2 Å². The van der Waals surface area contributed by atoms with E-state index in [9.17, 15) is 0 Å². The Bertz CT molecular complexity index is 421. The second kappa shape index (κ2) is 6.28. The largest absolute Gasteiger partial charge is 0.330 e. The molecule has 19 heavy (non-hydrogen) atoms. The van der Waals surface area contributed by atoms with Gasteiger partial charge in [-0.05, 0) is 42.4 Å². The van der Waals surface area contributed by atoms with Crippen LogP contribution in [-0.4, -0.2) is 6.54 Å². The first kappa shape index (κ1) is 14.9. The van der Waals surface area contributed by atoms with Crippen molar-refractivity contribution in [2.75, 3.05) is 6.54 Å². The molecule has 1 nitrogen and oxygen atoms in total. The number of hydrogen-bond acceptors (Lipinski definition) is 1. The number of halogens is 1. The Morgan fingerprint density at radius 3 is 2.47 bits per heavy atom. The van der Waals surface area contributed by atoms with Gasteiger partial charge in [-0.3, -0.25) is 0 Å². The van der Waals surface area contributed by atoms with Gasteiger partial charge in [0.05, 0.1) is 0 Å². The molecule has 0 aromatic heterocycles. The van der Waals surface area contributed by atoms with Gasteiger partial charge in [0, 0.05) is 17.0 Å². The van der Waals surface area contributed by atoms with E-state index in [0.29, 0.717) is 5.92 Å². The van der Waals surface area contributed by atoms with Gasteiger partial charge in [-0.2, -0.15) is 0 Å². The summed E-state index contributed by atoms with van der Waals surface area (Å²) in [7, 11) is 0. The Morgan fingerprint density at radius 2 is 1.95 bits per heavy atom. The second-order valence-electron chi connectivity index (χ2n) is 6.09. The van der Waals surface area contributed by atoms with Crippen LogP contribution in [0.15, 0.2) is 18.2 Å². The molecule has 1 saturated carbocycles. The lowest BCUT2D eigenvalue weighted by molar-refractivity contribution is 0.301. The molecule has 0 aliphatic heterocycles. The van der Waals surface area contributed by atoms with E-state index in [-0.39, 0.29) is 5.41 Å². The van der Waals surface area contributed by atoms with Crippen molar-refractivity contribution >= 4 is 11.6 Å². The molecule has 0 radical (unpaired) electrons. The third-order valence-electron chi connectivity index (χ3n) is 4.96. The molecule has 1 aliphatic carbocycles. The van der Waals surface area contributed by atoms with Gasteiger partial charge in [-0.1, -0.05) is 56.8 Å². The van der Waals surface area contributed by atoms with Crippen molar-refractivity contribution in [3.63, 3.8) is 0 Å². The first-order valence-corrected chi connectivity index (χ1v) is 8.01. The molecule has 1 atom stereocenters. The molecule has 0 heterocycles. The molecule has 2 heteroatoms. The molecule has 106 valence electrons. The van der Waals surface area contributed by atoms with Crippen LogP contribution < -0.4 is 5.73 Å². The lowest BCUT2D eigenvalue weighted by Crippen LogP contribution is -2.37. The summed E-state index contributed by atoms with van der Waals surface area (Å²) in [4.78, 5) is 0. The molecule has 0 saturated heterocycles. The van der Waals surface area contributed by atoms with Gasteiger partial charge in [-0.25, -0.2) is 0 Å². The summed E-state index contributed by atoms with van der Waals surface area (Å²) in [6, 6.07) is 6.67. The normalized spacial score (nSPS) is 20.2. The van der Waals surface area contributed by atoms with Gasteiger partial charge in [0.15, 0.2) is 0 Å². The third-order valence-corrected chi connectivity index (χ3v) is 5.28. The predicted octanol–water partition coefficient (Wildman–Crippen LogP) is 5.01. The summed E-state index contributed by atoms with van der Waals surface area (Å²) in [6.07, 6.45) is 7.48. The minimum Gasteiger partial charge on any atom is -0.330 e. The van der Waals surface area contributed by atoms with Crippen molar-refractivity contribution in [2.24, 2.45) is 5.73 Å². The minimum atomic E-state index is 0.176. The van der Waals surface area contributed by atoms with Crippen molar-refractivity contribution in [2.45, 2.75) is 63.7 Å². The number of rotatable bonds is 4. The zero-order chi connectivity index (χ0) is 13.9. The summed E-state index contributed by atoms with van der Waals surface area (Å²) in [5.41, 5.74) is 8.91. The number of hydrogen-bond donors (Lipinski definition) is 1. The first-order chi connectivity index (χ1) is 9.13. The van der Waals surface area contributed by atoms with E-state index < -0.39 is 0 Å². The zero-order valence-electron chi connectivity index (χ0n) is 12.2. The fourth-order valence-corrected chi connectivity index (χ4v) is 3.68. The summed E-state index contributed by atoms with van der Waals surface area (Å²) >= 11 is 6.50. The van der Waals surface area contributed by atoms with Gasteiger partial charge in [0.25, 0.3) is 0 Å². The predicted molar refractivity (Wildman–Crippen MR) is 84.0 cm³/mol. The van der Waals surface area contributed by atoms with E-state index in [1.54, 1.807) is 0 Å². The molecule has 1 aliphatic rings. The molecule has 1 aromatic rings. The Labute approximate surface area is 122 Å². The maximum atomic E-state index is 6.50. The average molecular weight is 280 g/mol. The third kappa shape index (κ3) is 2.98. The van der Waals surface area contributed by atoms with Crippen molar-refractivity contribution in [1.29, 1.82) is 0 Å². The van der Waals surface area contributed by atoms with Crippen LogP contribution >= 0.6 is 11.6 Å². The van der Waals surface area contributed by atoms with Gasteiger partial charge >= 0.3 is 0 Å². The molecule has 2 rings (SSSR count). The van der Waals surface area contributed by atoms with Gasteiger partial charge in [0.2, 0.25) is 0 Å². The summed E-state index contributed by atoms with van der Waals surface area (Å²) in [6.45, 7) is 5.18. The zero-order valence-corrected chi connectivity index (χ0v) is 13.0. The highest BCUT2D eigenvalue weighted by Crippen LogP contribution is 2.40. The number of nitrogens with two attached hydrogens (primary N) is 1. The van der Waals surface area contributed by atoms with Crippen LogP contribution in [0.4, 0.5) is 0 Å². The van der Waals surface area contributed by atoms with Gasteiger partial charge in [0.1, 0.15) is 0 Å². The van der Waals surface area contributed by atoms with Crippen molar-refractivity contribution in [3.8, 4) is 0 Å². The maximum Gasteiger partial charge on any atom is 0.0443 e.